The molecule has 0 aliphatic rings. The van der Waals surface area contributed by atoms with Crippen LogP contribution in [0.25, 0.3) is 0 Å². The fourth-order valence-electron chi connectivity index (χ4n) is 1.47. The van der Waals surface area contributed by atoms with Crippen LogP contribution in [0.1, 0.15) is 30.6 Å². The molecule has 0 saturated carbocycles. The van der Waals surface area contributed by atoms with E-state index in [2.05, 4.69) is 0 Å². The van der Waals surface area contributed by atoms with Gasteiger partial charge >= 0.3 is 0 Å². The highest BCUT2D eigenvalue weighted by molar-refractivity contribution is 5.99. The summed E-state index contributed by atoms with van der Waals surface area (Å²) in [5.41, 5.74) is 6.08. The SMILES string of the molecule is CC(C)CC(N)C(=O)c1cccc(F)c1. The zero-order valence-corrected chi connectivity index (χ0v) is 9.03. The van der Waals surface area contributed by atoms with Crippen molar-refractivity contribution in [2.45, 2.75) is 26.3 Å². The number of benzene rings is 1. The average molecular weight is 209 g/mol. The smallest absolute Gasteiger partial charge is 0.179 e. The maximum Gasteiger partial charge on any atom is 0.179 e. The third-order valence-corrected chi connectivity index (χ3v) is 2.17. The molecule has 0 aromatic heterocycles. The van der Waals surface area contributed by atoms with Crippen LogP contribution >= 0.6 is 0 Å². The second-order valence-electron chi connectivity index (χ2n) is 4.11. The Morgan fingerprint density at radius 2 is 2.13 bits per heavy atom. The lowest BCUT2D eigenvalue weighted by molar-refractivity contribution is 0.0950. The molecule has 1 rings (SSSR count). The summed E-state index contributed by atoms with van der Waals surface area (Å²) in [5, 5.41) is 0. The van der Waals surface area contributed by atoms with Crippen LogP contribution in [0, 0.1) is 11.7 Å². The number of nitrogens with two attached hydrogens (primary N) is 1. The Morgan fingerprint density at radius 1 is 1.47 bits per heavy atom. The Kier molecular flexibility index (Phi) is 3.97. The maximum atomic E-state index is 12.9. The second-order valence-corrected chi connectivity index (χ2v) is 4.11. The summed E-state index contributed by atoms with van der Waals surface area (Å²) in [7, 11) is 0. The van der Waals surface area contributed by atoms with Gasteiger partial charge in [0.15, 0.2) is 5.78 Å². The van der Waals surface area contributed by atoms with Gasteiger partial charge in [0.25, 0.3) is 0 Å². The molecule has 1 aromatic carbocycles. The van der Waals surface area contributed by atoms with E-state index in [1.54, 1.807) is 6.07 Å². The molecule has 0 heterocycles. The normalized spacial score (nSPS) is 12.9. The highest BCUT2D eigenvalue weighted by Crippen LogP contribution is 2.10. The van der Waals surface area contributed by atoms with Gasteiger partial charge in [0.2, 0.25) is 0 Å². The number of carbonyl (C=O) groups excluding carboxylic acids is 1. The second kappa shape index (κ2) is 5.03. The van der Waals surface area contributed by atoms with Gasteiger partial charge in [-0.15, -0.1) is 0 Å². The molecule has 82 valence electrons. The van der Waals surface area contributed by atoms with Gasteiger partial charge in [-0.25, -0.2) is 4.39 Å². The Morgan fingerprint density at radius 3 is 2.67 bits per heavy atom. The Labute approximate surface area is 89.3 Å². The third-order valence-electron chi connectivity index (χ3n) is 2.17. The maximum absolute atomic E-state index is 12.9. The molecule has 0 amide bonds. The fraction of sp³-hybridized carbons (Fsp3) is 0.417. The lowest BCUT2D eigenvalue weighted by Gasteiger charge is -2.12. The molecule has 3 heteroatoms. The van der Waals surface area contributed by atoms with E-state index >= 15 is 0 Å². The number of carbonyl (C=O) groups is 1. The van der Waals surface area contributed by atoms with Crippen molar-refractivity contribution in [2.75, 3.05) is 0 Å². The minimum atomic E-state index is -0.535. The van der Waals surface area contributed by atoms with Crippen LogP contribution in [0.2, 0.25) is 0 Å². The van der Waals surface area contributed by atoms with E-state index in [9.17, 15) is 9.18 Å². The summed E-state index contributed by atoms with van der Waals surface area (Å²) < 4.78 is 12.9. The first-order valence-electron chi connectivity index (χ1n) is 5.06. The average Bonchev–Trinajstić information content (AvgIpc) is 2.15. The minimum Gasteiger partial charge on any atom is -0.321 e. The van der Waals surface area contributed by atoms with Gasteiger partial charge in [0, 0.05) is 5.56 Å². The summed E-state index contributed by atoms with van der Waals surface area (Å²) in [6.07, 6.45) is 0.620. The van der Waals surface area contributed by atoms with Crippen molar-refractivity contribution < 1.29 is 9.18 Å². The monoisotopic (exact) mass is 209 g/mol. The predicted octanol–water partition coefficient (Wildman–Crippen LogP) is 2.38. The van der Waals surface area contributed by atoms with Crippen LogP contribution < -0.4 is 5.73 Å². The van der Waals surface area contributed by atoms with E-state index in [1.807, 2.05) is 13.8 Å². The largest absolute Gasteiger partial charge is 0.321 e. The molecule has 0 spiro atoms. The molecule has 1 unspecified atom stereocenters. The molecule has 15 heavy (non-hydrogen) atoms. The van der Waals surface area contributed by atoms with Gasteiger partial charge in [-0.3, -0.25) is 4.79 Å². The standard InChI is InChI=1S/C12H16FNO/c1-8(2)6-11(14)12(15)9-4-3-5-10(13)7-9/h3-5,7-8,11H,6,14H2,1-2H3. The molecule has 0 aliphatic carbocycles. The quantitative estimate of drug-likeness (QED) is 0.774. The zero-order valence-electron chi connectivity index (χ0n) is 9.03. The van der Waals surface area contributed by atoms with E-state index in [4.69, 9.17) is 5.73 Å². The summed E-state index contributed by atoms with van der Waals surface area (Å²) in [5.74, 6) is -0.238. The fourth-order valence-corrected chi connectivity index (χ4v) is 1.47. The van der Waals surface area contributed by atoms with Crippen molar-refractivity contribution in [1.29, 1.82) is 0 Å². The van der Waals surface area contributed by atoms with Gasteiger partial charge in [-0.2, -0.15) is 0 Å². The molecule has 0 fully saturated rings. The van der Waals surface area contributed by atoms with E-state index in [-0.39, 0.29) is 5.78 Å². The summed E-state index contributed by atoms with van der Waals surface area (Å²) in [6.45, 7) is 4.00. The molecule has 2 N–H and O–H groups in total. The Bertz CT molecular complexity index is 349. The molecule has 0 saturated heterocycles. The summed E-state index contributed by atoms with van der Waals surface area (Å²) in [6, 6.07) is 5.11. The topological polar surface area (TPSA) is 43.1 Å². The van der Waals surface area contributed by atoms with E-state index in [1.165, 1.54) is 18.2 Å². The number of hydrogen-bond donors (Lipinski definition) is 1. The van der Waals surface area contributed by atoms with Crippen LogP contribution in [0.5, 0.6) is 0 Å². The number of rotatable bonds is 4. The van der Waals surface area contributed by atoms with E-state index < -0.39 is 11.9 Å². The Hall–Kier alpha value is -1.22. The molecule has 0 aliphatic heterocycles. The van der Waals surface area contributed by atoms with Crippen LogP contribution in [-0.2, 0) is 0 Å². The predicted molar refractivity (Wildman–Crippen MR) is 58.2 cm³/mol. The summed E-state index contributed by atoms with van der Waals surface area (Å²) >= 11 is 0. The van der Waals surface area contributed by atoms with Crippen molar-refractivity contribution >= 4 is 5.78 Å². The third kappa shape index (κ3) is 3.44. The molecule has 0 bridgehead atoms. The number of Topliss-reactive ketones (excluding diaryl/α,β-unsaturated/α-hetero) is 1. The van der Waals surface area contributed by atoms with Crippen LogP contribution in [0.3, 0.4) is 0 Å². The number of hydrogen-bond acceptors (Lipinski definition) is 2. The first-order valence-corrected chi connectivity index (χ1v) is 5.06. The number of halogens is 1. The highest BCUT2D eigenvalue weighted by atomic mass is 19.1. The van der Waals surface area contributed by atoms with Crippen molar-refractivity contribution in [2.24, 2.45) is 11.7 Å². The van der Waals surface area contributed by atoms with E-state index in [0.717, 1.165) is 0 Å². The lowest BCUT2D eigenvalue weighted by Crippen LogP contribution is -2.31. The first-order chi connectivity index (χ1) is 7.00. The van der Waals surface area contributed by atoms with Crippen LogP contribution in [-0.4, -0.2) is 11.8 Å². The highest BCUT2D eigenvalue weighted by Gasteiger charge is 2.16. The van der Waals surface area contributed by atoms with Crippen LogP contribution in [0.4, 0.5) is 4.39 Å². The van der Waals surface area contributed by atoms with Crippen LogP contribution in [0.15, 0.2) is 24.3 Å². The molecule has 0 radical (unpaired) electrons. The van der Waals surface area contributed by atoms with Gasteiger partial charge < -0.3 is 5.73 Å². The van der Waals surface area contributed by atoms with Crippen molar-refractivity contribution in [3.63, 3.8) is 0 Å². The van der Waals surface area contributed by atoms with Gasteiger partial charge in [0.05, 0.1) is 6.04 Å². The van der Waals surface area contributed by atoms with Gasteiger partial charge in [0.1, 0.15) is 5.82 Å². The first kappa shape index (κ1) is 11.9. The lowest BCUT2D eigenvalue weighted by atomic mass is 9.97. The molecule has 1 atom stereocenters. The minimum absolute atomic E-state index is 0.191. The van der Waals surface area contributed by atoms with Gasteiger partial charge in [-0.05, 0) is 24.5 Å². The van der Waals surface area contributed by atoms with Crippen molar-refractivity contribution in [3.8, 4) is 0 Å². The summed E-state index contributed by atoms with van der Waals surface area (Å²) in [4.78, 5) is 11.7. The Balaban J connectivity index is 2.76. The van der Waals surface area contributed by atoms with E-state index in [0.29, 0.717) is 17.9 Å². The molecular weight excluding hydrogens is 193 g/mol. The molecule has 1 aromatic rings. The molecule has 2 nitrogen and oxygen atoms in total. The van der Waals surface area contributed by atoms with Gasteiger partial charge in [-0.1, -0.05) is 26.0 Å². The number of ketones is 1. The molecular formula is C12H16FNO. The zero-order chi connectivity index (χ0) is 11.4. The van der Waals surface area contributed by atoms with Crippen molar-refractivity contribution in [1.82, 2.24) is 0 Å². The van der Waals surface area contributed by atoms with Crippen molar-refractivity contribution in [3.05, 3.63) is 35.6 Å².